The molecule has 1 aromatic rings. The molecule has 1 saturated carbocycles. The molecule has 6 nitrogen and oxygen atoms in total. The normalized spacial score (nSPS) is 28.8. The summed E-state index contributed by atoms with van der Waals surface area (Å²) >= 11 is 0. The number of pyridine rings is 1. The molecule has 0 aromatic carbocycles. The number of hydrogen-bond donors (Lipinski definition) is 0. The summed E-state index contributed by atoms with van der Waals surface area (Å²) < 4.78 is 27.3. The van der Waals surface area contributed by atoms with E-state index in [2.05, 4.69) is 9.88 Å². The standard InChI is InChI=1S/C19H27N3O3S/c23-18-19(9-5-12-22(18)16-6-2-1-3-7-16)10-13-21(15-19)26(24,25)17-8-4-11-20-14-17/h4,8,11,14,16H,1-3,5-7,9-10,12-13,15H2/t19-/m1/s1. The largest absolute Gasteiger partial charge is 0.339 e. The van der Waals surface area contributed by atoms with Gasteiger partial charge in [0.1, 0.15) is 4.90 Å². The summed E-state index contributed by atoms with van der Waals surface area (Å²) in [7, 11) is -3.58. The first-order valence-electron chi connectivity index (χ1n) is 9.74. The van der Waals surface area contributed by atoms with Crippen LogP contribution in [-0.2, 0) is 14.8 Å². The second-order valence-corrected chi connectivity index (χ2v) is 9.89. The maximum Gasteiger partial charge on any atom is 0.244 e. The molecule has 1 aromatic heterocycles. The van der Waals surface area contributed by atoms with Crippen LogP contribution < -0.4 is 0 Å². The maximum absolute atomic E-state index is 13.3. The van der Waals surface area contributed by atoms with Crippen molar-refractivity contribution in [1.82, 2.24) is 14.2 Å². The molecule has 0 unspecified atom stereocenters. The fraction of sp³-hybridized carbons (Fsp3) is 0.684. The summed E-state index contributed by atoms with van der Waals surface area (Å²) in [6.07, 6.45) is 11.2. The number of carbonyl (C=O) groups is 1. The van der Waals surface area contributed by atoms with Crippen molar-refractivity contribution in [2.75, 3.05) is 19.6 Å². The lowest BCUT2D eigenvalue weighted by molar-refractivity contribution is -0.149. The third-order valence-corrected chi connectivity index (χ3v) is 8.20. The van der Waals surface area contributed by atoms with Gasteiger partial charge in [-0.25, -0.2) is 8.42 Å². The van der Waals surface area contributed by atoms with Gasteiger partial charge in [0.2, 0.25) is 15.9 Å². The van der Waals surface area contributed by atoms with Crippen LogP contribution in [0.3, 0.4) is 0 Å². The van der Waals surface area contributed by atoms with E-state index in [4.69, 9.17) is 0 Å². The van der Waals surface area contributed by atoms with Crippen molar-refractivity contribution in [3.63, 3.8) is 0 Å². The van der Waals surface area contributed by atoms with Crippen molar-refractivity contribution in [2.24, 2.45) is 5.41 Å². The van der Waals surface area contributed by atoms with Crippen LogP contribution in [0.15, 0.2) is 29.4 Å². The van der Waals surface area contributed by atoms with Crippen molar-refractivity contribution >= 4 is 15.9 Å². The average molecular weight is 378 g/mol. The molecule has 1 spiro atoms. The van der Waals surface area contributed by atoms with Crippen LogP contribution in [-0.4, -0.2) is 54.2 Å². The van der Waals surface area contributed by atoms with Gasteiger partial charge in [-0.1, -0.05) is 19.3 Å². The second kappa shape index (κ2) is 6.93. The monoisotopic (exact) mass is 377 g/mol. The molecule has 2 saturated heterocycles. The minimum absolute atomic E-state index is 0.194. The predicted molar refractivity (Wildman–Crippen MR) is 97.9 cm³/mol. The van der Waals surface area contributed by atoms with Gasteiger partial charge in [-0.05, 0) is 44.2 Å². The third kappa shape index (κ3) is 3.05. The molecule has 0 N–H and O–H groups in total. The molecule has 1 aliphatic carbocycles. The van der Waals surface area contributed by atoms with Crippen LogP contribution in [0.2, 0.25) is 0 Å². The van der Waals surface area contributed by atoms with Gasteiger partial charge < -0.3 is 4.90 Å². The highest BCUT2D eigenvalue weighted by atomic mass is 32.2. The molecule has 142 valence electrons. The number of rotatable bonds is 3. The van der Waals surface area contributed by atoms with Crippen LogP contribution in [0, 0.1) is 5.41 Å². The maximum atomic E-state index is 13.3. The van der Waals surface area contributed by atoms with Gasteiger partial charge in [0.05, 0.1) is 5.41 Å². The minimum Gasteiger partial charge on any atom is -0.339 e. The summed E-state index contributed by atoms with van der Waals surface area (Å²) in [6, 6.07) is 3.57. The highest BCUT2D eigenvalue weighted by Gasteiger charge is 2.52. The van der Waals surface area contributed by atoms with Crippen molar-refractivity contribution in [1.29, 1.82) is 0 Å². The highest BCUT2D eigenvalue weighted by molar-refractivity contribution is 7.89. The van der Waals surface area contributed by atoms with Gasteiger partial charge in [-0.3, -0.25) is 9.78 Å². The fourth-order valence-corrected chi connectivity index (χ4v) is 6.40. The summed E-state index contributed by atoms with van der Waals surface area (Å²) in [5.41, 5.74) is -0.523. The zero-order valence-corrected chi connectivity index (χ0v) is 16.0. The number of amides is 1. The van der Waals surface area contributed by atoms with Gasteiger partial charge in [0.25, 0.3) is 0 Å². The molecule has 3 heterocycles. The number of nitrogens with zero attached hydrogens (tertiary/aromatic N) is 3. The van der Waals surface area contributed by atoms with Crippen molar-refractivity contribution in [2.45, 2.75) is 62.3 Å². The Morgan fingerprint density at radius 1 is 1.08 bits per heavy atom. The van der Waals surface area contributed by atoms with Crippen LogP contribution in [0.5, 0.6) is 0 Å². The molecular weight excluding hydrogens is 350 g/mol. The van der Waals surface area contributed by atoms with Gasteiger partial charge in [-0.15, -0.1) is 0 Å². The molecule has 1 atom stereocenters. The van der Waals surface area contributed by atoms with E-state index in [9.17, 15) is 13.2 Å². The van der Waals surface area contributed by atoms with Crippen molar-refractivity contribution < 1.29 is 13.2 Å². The van der Waals surface area contributed by atoms with E-state index < -0.39 is 15.4 Å². The van der Waals surface area contributed by atoms with Gasteiger partial charge in [0, 0.05) is 38.1 Å². The highest BCUT2D eigenvalue weighted by Crippen LogP contribution is 2.43. The fourth-order valence-electron chi connectivity index (χ4n) is 4.91. The lowest BCUT2D eigenvalue weighted by Crippen LogP contribution is -2.54. The number of likely N-dealkylation sites (tertiary alicyclic amines) is 1. The molecule has 3 fully saturated rings. The lowest BCUT2D eigenvalue weighted by Gasteiger charge is -2.44. The Kier molecular flexibility index (Phi) is 4.77. The molecule has 26 heavy (non-hydrogen) atoms. The smallest absolute Gasteiger partial charge is 0.244 e. The summed E-state index contributed by atoms with van der Waals surface area (Å²) in [6.45, 7) is 1.56. The van der Waals surface area contributed by atoms with E-state index in [1.54, 1.807) is 18.3 Å². The lowest BCUT2D eigenvalue weighted by atomic mass is 9.77. The van der Waals surface area contributed by atoms with Crippen molar-refractivity contribution in [3.05, 3.63) is 24.5 Å². The van der Waals surface area contributed by atoms with E-state index in [1.807, 2.05) is 0 Å². The number of carbonyl (C=O) groups excluding carboxylic acids is 1. The molecule has 7 heteroatoms. The van der Waals surface area contributed by atoms with Crippen molar-refractivity contribution in [3.8, 4) is 0 Å². The average Bonchev–Trinajstić information content (AvgIpc) is 3.11. The number of aromatic nitrogens is 1. The molecule has 0 bridgehead atoms. The quantitative estimate of drug-likeness (QED) is 0.811. The Labute approximate surface area is 155 Å². The van der Waals surface area contributed by atoms with Gasteiger partial charge in [-0.2, -0.15) is 4.31 Å². The zero-order chi connectivity index (χ0) is 18.2. The molecule has 0 radical (unpaired) electrons. The second-order valence-electron chi connectivity index (χ2n) is 7.95. The number of hydrogen-bond acceptors (Lipinski definition) is 4. The molecule has 1 amide bonds. The first-order chi connectivity index (χ1) is 12.5. The van der Waals surface area contributed by atoms with E-state index in [1.165, 1.54) is 29.8 Å². The number of sulfonamides is 1. The van der Waals surface area contributed by atoms with Crippen LogP contribution in [0.4, 0.5) is 0 Å². The Bertz CT molecular complexity index is 761. The van der Waals surface area contributed by atoms with Crippen LogP contribution in [0.25, 0.3) is 0 Å². The Morgan fingerprint density at radius 3 is 2.62 bits per heavy atom. The van der Waals surface area contributed by atoms with Crippen LogP contribution in [0.1, 0.15) is 51.4 Å². The SMILES string of the molecule is O=C1N(C2CCCCC2)CCC[C@]12CCN(S(=O)(=O)c1cccnc1)C2. The predicted octanol–water partition coefficient (Wildman–Crippen LogP) is 2.42. The topological polar surface area (TPSA) is 70.6 Å². The zero-order valence-electron chi connectivity index (χ0n) is 15.1. The Morgan fingerprint density at radius 2 is 1.88 bits per heavy atom. The summed E-state index contributed by atoms with van der Waals surface area (Å²) in [4.78, 5) is 19.6. The first-order valence-corrected chi connectivity index (χ1v) is 11.2. The molecular formula is C19H27N3O3S. The Hall–Kier alpha value is -1.47. The molecule has 2 aliphatic heterocycles. The van der Waals surface area contributed by atoms with E-state index in [0.717, 1.165) is 32.2 Å². The van der Waals surface area contributed by atoms with Crippen LogP contribution >= 0.6 is 0 Å². The summed E-state index contributed by atoms with van der Waals surface area (Å²) in [5, 5.41) is 0. The van der Waals surface area contributed by atoms with E-state index in [0.29, 0.717) is 25.6 Å². The van der Waals surface area contributed by atoms with E-state index in [-0.39, 0.29) is 10.8 Å². The molecule has 3 aliphatic rings. The summed E-state index contributed by atoms with van der Waals surface area (Å²) in [5.74, 6) is 0.194. The van der Waals surface area contributed by atoms with E-state index >= 15 is 0 Å². The van der Waals surface area contributed by atoms with Gasteiger partial charge in [0.15, 0.2) is 0 Å². The third-order valence-electron chi connectivity index (χ3n) is 6.38. The molecule has 4 rings (SSSR count). The Balaban J connectivity index is 1.53. The number of piperidine rings is 1. The first kappa shape index (κ1) is 17.9. The minimum atomic E-state index is -3.58. The van der Waals surface area contributed by atoms with Gasteiger partial charge >= 0.3 is 0 Å².